The molecule has 1 amide bonds. The molecule has 2 heterocycles. The molecule has 0 spiro atoms. The second-order valence-corrected chi connectivity index (χ2v) is 6.26. The first-order valence-corrected chi connectivity index (χ1v) is 8.30. The number of aryl methyl sites for hydroxylation is 1. The van der Waals surface area contributed by atoms with Gasteiger partial charge in [0, 0.05) is 29.9 Å². The van der Waals surface area contributed by atoms with Crippen molar-refractivity contribution in [1.29, 1.82) is 0 Å². The van der Waals surface area contributed by atoms with Crippen LogP contribution in [-0.4, -0.2) is 22.4 Å². The van der Waals surface area contributed by atoms with Gasteiger partial charge >= 0.3 is 0 Å². The summed E-state index contributed by atoms with van der Waals surface area (Å²) in [5.74, 6) is -0.0901. The molecule has 0 unspecified atom stereocenters. The lowest BCUT2D eigenvalue weighted by Gasteiger charge is -2.06. The summed E-state index contributed by atoms with van der Waals surface area (Å²) in [6.07, 6.45) is 4.02. The maximum atomic E-state index is 11.9. The van der Waals surface area contributed by atoms with E-state index in [1.807, 2.05) is 6.92 Å². The third-order valence-electron chi connectivity index (χ3n) is 3.49. The summed E-state index contributed by atoms with van der Waals surface area (Å²) in [7, 11) is 0. The van der Waals surface area contributed by atoms with Crippen LogP contribution in [0, 0.1) is 6.92 Å². The first-order valence-electron chi connectivity index (χ1n) is 7.42. The number of rotatable bonds is 5. The van der Waals surface area contributed by atoms with Gasteiger partial charge in [-0.15, -0.1) is 11.3 Å². The van der Waals surface area contributed by atoms with Crippen molar-refractivity contribution in [3.8, 4) is 11.3 Å². The Morgan fingerprint density at radius 1 is 1.22 bits per heavy atom. The second kappa shape index (κ2) is 7.15. The molecule has 3 rings (SSSR count). The zero-order valence-corrected chi connectivity index (χ0v) is 13.6. The van der Waals surface area contributed by atoms with Gasteiger partial charge in [0.25, 0.3) is 5.91 Å². The van der Waals surface area contributed by atoms with Gasteiger partial charge in [-0.05, 0) is 31.0 Å². The average molecular weight is 323 g/mol. The fourth-order valence-corrected chi connectivity index (χ4v) is 2.88. The van der Waals surface area contributed by atoms with Crippen molar-refractivity contribution in [2.24, 2.45) is 0 Å². The number of pyridine rings is 1. The van der Waals surface area contributed by atoms with Crippen molar-refractivity contribution in [3.05, 3.63) is 70.3 Å². The third kappa shape index (κ3) is 4.02. The number of hydrogen-bond acceptors (Lipinski definition) is 4. The number of nitrogens with one attached hydrogen (secondary N) is 1. The topological polar surface area (TPSA) is 54.9 Å². The minimum Gasteiger partial charge on any atom is -0.352 e. The van der Waals surface area contributed by atoms with Crippen LogP contribution in [-0.2, 0) is 6.42 Å². The Bertz CT molecular complexity index is 782. The molecule has 0 atom stereocenters. The van der Waals surface area contributed by atoms with Gasteiger partial charge in [-0.2, -0.15) is 0 Å². The maximum Gasteiger partial charge on any atom is 0.252 e. The van der Waals surface area contributed by atoms with Crippen molar-refractivity contribution in [1.82, 2.24) is 15.3 Å². The van der Waals surface area contributed by atoms with Crippen LogP contribution in [0.5, 0.6) is 0 Å². The van der Waals surface area contributed by atoms with Gasteiger partial charge in [0.15, 0.2) is 0 Å². The van der Waals surface area contributed by atoms with Crippen molar-refractivity contribution in [3.63, 3.8) is 0 Å². The minimum absolute atomic E-state index is 0.0901. The number of aromatic nitrogens is 2. The monoisotopic (exact) mass is 323 g/mol. The largest absolute Gasteiger partial charge is 0.352 e. The van der Waals surface area contributed by atoms with Gasteiger partial charge in [0.1, 0.15) is 0 Å². The predicted molar refractivity (Wildman–Crippen MR) is 92.6 cm³/mol. The van der Waals surface area contributed by atoms with E-state index in [0.717, 1.165) is 22.7 Å². The SMILES string of the molecule is Cc1nc(-c2ccc(CCNC(=O)c3cccnc3)cc2)cs1. The lowest BCUT2D eigenvalue weighted by Crippen LogP contribution is -2.25. The maximum absolute atomic E-state index is 11.9. The first kappa shape index (κ1) is 15.4. The standard InChI is InChI=1S/C18H17N3OS/c1-13-21-17(12-23-13)15-6-4-14(5-7-15)8-10-20-18(22)16-3-2-9-19-11-16/h2-7,9,11-12H,8,10H2,1H3,(H,20,22). The Kier molecular flexibility index (Phi) is 4.78. The van der Waals surface area contributed by atoms with Crippen molar-refractivity contribution < 1.29 is 4.79 Å². The zero-order chi connectivity index (χ0) is 16.1. The smallest absolute Gasteiger partial charge is 0.252 e. The van der Waals surface area contributed by atoms with Crippen LogP contribution >= 0.6 is 11.3 Å². The van der Waals surface area contributed by atoms with Crippen LogP contribution in [0.25, 0.3) is 11.3 Å². The molecule has 0 bridgehead atoms. The highest BCUT2D eigenvalue weighted by molar-refractivity contribution is 7.09. The molecule has 0 fully saturated rings. The number of carbonyl (C=O) groups is 1. The molecule has 0 radical (unpaired) electrons. The fraction of sp³-hybridized carbons (Fsp3) is 0.167. The lowest BCUT2D eigenvalue weighted by molar-refractivity contribution is 0.0954. The average Bonchev–Trinajstić information content (AvgIpc) is 3.03. The van der Waals surface area contributed by atoms with E-state index in [1.165, 1.54) is 5.56 Å². The molecule has 0 aliphatic heterocycles. The summed E-state index contributed by atoms with van der Waals surface area (Å²) >= 11 is 1.65. The summed E-state index contributed by atoms with van der Waals surface area (Å²) in [5.41, 5.74) is 3.91. The van der Waals surface area contributed by atoms with Crippen molar-refractivity contribution >= 4 is 17.2 Å². The summed E-state index contributed by atoms with van der Waals surface area (Å²) in [5, 5.41) is 6.05. The van der Waals surface area contributed by atoms with Crippen LogP contribution in [0.2, 0.25) is 0 Å². The van der Waals surface area contributed by atoms with E-state index in [0.29, 0.717) is 12.1 Å². The molecule has 0 saturated carbocycles. The molecule has 5 heteroatoms. The van der Waals surface area contributed by atoms with E-state index >= 15 is 0 Å². The molecule has 23 heavy (non-hydrogen) atoms. The molecular formula is C18H17N3OS. The molecule has 0 aliphatic rings. The predicted octanol–water partition coefficient (Wildman–Crippen LogP) is 3.49. The number of amides is 1. The Morgan fingerprint density at radius 2 is 2.04 bits per heavy atom. The number of benzene rings is 1. The van der Waals surface area contributed by atoms with Crippen molar-refractivity contribution in [2.75, 3.05) is 6.54 Å². The molecule has 1 aromatic carbocycles. The lowest BCUT2D eigenvalue weighted by atomic mass is 10.1. The highest BCUT2D eigenvalue weighted by atomic mass is 32.1. The normalized spacial score (nSPS) is 10.5. The molecule has 2 aromatic heterocycles. The summed E-state index contributed by atoms with van der Waals surface area (Å²) in [6.45, 7) is 2.61. The summed E-state index contributed by atoms with van der Waals surface area (Å²) in [4.78, 5) is 20.3. The minimum atomic E-state index is -0.0901. The Morgan fingerprint density at radius 3 is 2.70 bits per heavy atom. The van der Waals surface area contributed by atoms with Crippen LogP contribution in [0.4, 0.5) is 0 Å². The van der Waals surface area contributed by atoms with E-state index in [-0.39, 0.29) is 5.91 Å². The van der Waals surface area contributed by atoms with E-state index in [9.17, 15) is 4.79 Å². The van der Waals surface area contributed by atoms with Gasteiger partial charge in [-0.25, -0.2) is 4.98 Å². The molecule has 3 aromatic rings. The van der Waals surface area contributed by atoms with Gasteiger partial charge in [0.05, 0.1) is 16.3 Å². The first-order chi connectivity index (χ1) is 11.2. The van der Waals surface area contributed by atoms with Crippen molar-refractivity contribution in [2.45, 2.75) is 13.3 Å². The molecule has 0 saturated heterocycles. The summed E-state index contributed by atoms with van der Waals surface area (Å²) in [6, 6.07) is 11.8. The van der Waals surface area contributed by atoms with Gasteiger partial charge in [0.2, 0.25) is 0 Å². The van der Waals surface area contributed by atoms with Crippen LogP contribution < -0.4 is 5.32 Å². The number of thiazole rings is 1. The highest BCUT2D eigenvalue weighted by Crippen LogP contribution is 2.21. The molecule has 0 aliphatic carbocycles. The Labute approximate surface area is 139 Å². The van der Waals surface area contributed by atoms with E-state index in [2.05, 4.69) is 44.9 Å². The number of carbonyl (C=O) groups excluding carboxylic acids is 1. The van der Waals surface area contributed by atoms with E-state index < -0.39 is 0 Å². The number of nitrogens with zero attached hydrogens (tertiary/aromatic N) is 2. The van der Waals surface area contributed by atoms with E-state index in [4.69, 9.17) is 0 Å². The highest BCUT2D eigenvalue weighted by Gasteiger charge is 2.05. The fourth-order valence-electron chi connectivity index (χ4n) is 2.26. The van der Waals surface area contributed by atoms with Gasteiger partial charge in [-0.1, -0.05) is 24.3 Å². The van der Waals surface area contributed by atoms with Gasteiger partial charge in [-0.3, -0.25) is 9.78 Å². The van der Waals surface area contributed by atoms with Gasteiger partial charge < -0.3 is 5.32 Å². The second-order valence-electron chi connectivity index (χ2n) is 5.20. The molecule has 4 nitrogen and oxygen atoms in total. The molecule has 116 valence electrons. The summed E-state index contributed by atoms with van der Waals surface area (Å²) < 4.78 is 0. The molecule has 1 N–H and O–H groups in total. The molecular weight excluding hydrogens is 306 g/mol. The quantitative estimate of drug-likeness (QED) is 0.782. The zero-order valence-electron chi connectivity index (χ0n) is 12.8. The number of hydrogen-bond donors (Lipinski definition) is 1. The van der Waals surface area contributed by atoms with Crippen LogP contribution in [0.1, 0.15) is 20.9 Å². The third-order valence-corrected chi connectivity index (χ3v) is 4.27. The Balaban J connectivity index is 1.54. The Hall–Kier alpha value is -2.53. The van der Waals surface area contributed by atoms with Crippen LogP contribution in [0.3, 0.4) is 0 Å². The van der Waals surface area contributed by atoms with Crippen LogP contribution in [0.15, 0.2) is 54.2 Å². The van der Waals surface area contributed by atoms with E-state index in [1.54, 1.807) is 35.9 Å².